The van der Waals surface area contributed by atoms with Crippen LogP contribution >= 0.6 is 0 Å². The zero-order valence-corrected chi connectivity index (χ0v) is 15.8. The number of rotatable bonds is 4. The summed E-state index contributed by atoms with van der Waals surface area (Å²) in [5.74, 6) is 4.03. The molecule has 0 radical (unpaired) electrons. The Hall–Kier alpha value is -1.35. The van der Waals surface area contributed by atoms with Crippen molar-refractivity contribution in [2.24, 2.45) is 29.6 Å². The van der Waals surface area contributed by atoms with E-state index in [1.807, 2.05) is 0 Å². The molecule has 6 rings (SSSR count). The molecule has 5 aliphatic rings. The molecule has 4 aliphatic carbocycles. The lowest BCUT2D eigenvalue weighted by atomic mass is 9.54. The Morgan fingerprint density at radius 1 is 1.00 bits per heavy atom. The largest absolute Gasteiger partial charge is 0.353 e. The Kier molecular flexibility index (Phi) is 4.52. The van der Waals surface area contributed by atoms with E-state index >= 15 is 0 Å². The van der Waals surface area contributed by atoms with Crippen LogP contribution < -0.4 is 5.32 Å². The van der Waals surface area contributed by atoms with Crippen LogP contribution in [0.5, 0.6) is 0 Å². The van der Waals surface area contributed by atoms with Crippen LogP contribution in [0.3, 0.4) is 0 Å². The van der Waals surface area contributed by atoms with Crippen molar-refractivity contribution >= 4 is 5.91 Å². The van der Waals surface area contributed by atoms with Gasteiger partial charge in [0.1, 0.15) is 0 Å². The van der Waals surface area contributed by atoms with Crippen molar-refractivity contribution in [2.45, 2.75) is 57.5 Å². The van der Waals surface area contributed by atoms with Crippen molar-refractivity contribution in [1.82, 2.24) is 10.2 Å². The lowest BCUT2D eigenvalue weighted by molar-refractivity contribution is -0.130. The molecule has 1 aromatic rings. The van der Waals surface area contributed by atoms with Gasteiger partial charge >= 0.3 is 0 Å². The monoisotopic (exact) mass is 352 g/mol. The topological polar surface area (TPSA) is 32.3 Å². The fourth-order valence-corrected chi connectivity index (χ4v) is 6.70. The highest BCUT2D eigenvalue weighted by Crippen LogP contribution is 2.53. The quantitative estimate of drug-likeness (QED) is 0.893. The molecular formula is C23H32N2O. The van der Waals surface area contributed by atoms with Gasteiger partial charge in [0.25, 0.3) is 0 Å². The third kappa shape index (κ3) is 3.31. The number of carbonyl (C=O) groups is 1. The number of amides is 1. The molecule has 1 heterocycles. The Morgan fingerprint density at radius 2 is 1.69 bits per heavy atom. The zero-order valence-electron chi connectivity index (χ0n) is 15.8. The van der Waals surface area contributed by atoms with Crippen molar-refractivity contribution in [1.29, 1.82) is 0 Å². The lowest BCUT2D eigenvalue weighted by Gasteiger charge is -2.54. The second kappa shape index (κ2) is 6.99. The Balaban J connectivity index is 1.19. The maximum Gasteiger partial charge on any atom is 0.224 e. The first-order valence-corrected chi connectivity index (χ1v) is 10.8. The number of piperidine rings is 1. The summed E-state index contributed by atoms with van der Waals surface area (Å²) >= 11 is 0. The SMILES string of the molecule is O=C(NC1C2CC3CC(C2)CC1C3)[C@@H]1CCCN(Cc2ccccc2)C1. The molecule has 1 aliphatic heterocycles. The molecule has 1 aromatic carbocycles. The van der Waals surface area contributed by atoms with Gasteiger partial charge < -0.3 is 5.32 Å². The normalized spacial score (nSPS) is 39.1. The number of nitrogens with one attached hydrogen (secondary N) is 1. The van der Waals surface area contributed by atoms with Gasteiger partial charge in [0, 0.05) is 19.1 Å². The molecule has 5 fully saturated rings. The van der Waals surface area contributed by atoms with E-state index in [0.29, 0.717) is 11.9 Å². The van der Waals surface area contributed by atoms with Crippen LogP contribution in [0.15, 0.2) is 30.3 Å². The van der Waals surface area contributed by atoms with Gasteiger partial charge in [-0.3, -0.25) is 9.69 Å². The van der Waals surface area contributed by atoms with Gasteiger partial charge in [0.05, 0.1) is 5.92 Å². The van der Waals surface area contributed by atoms with E-state index in [4.69, 9.17) is 0 Å². The molecule has 3 nitrogen and oxygen atoms in total. The second-order valence-corrected chi connectivity index (χ2v) is 9.52. The number of hydrogen-bond donors (Lipinski definition) is 1. The fraction of sp³-hybridized carbons (Fsp3) is 0.696. The third-order valence-corrected chi connectivity index (χ3v) is 7.66. The summed E-state index contributed by atoms with van der Waals surface area (Å²) in [7, 11) is 0. The Bertz CT molecular complexity index is 615. The highest BCUT2D eigenvalue weighted by molar-refractivity contribution is 5.79. The molecule has 1 saturated heterocycles. The van der Waals surface area contributed by atoms with Crippen molar-refractivity contribution in [3.05, 3.63) is 35.9 Å². The van der Waals surface area contributed by atoms with Crippen LogP contribution in [0.1, 0.15) is 50.5 Å². The standard InChI is InChI=1S/C23H32N2O/c26-23(24-22-20-10-17-9-18(12-20)13-21(22)11-17)19-7-4-8-25(15-19)14-16-5-2-1-3-6-16/h1-3,5-6,17-22H,4,7-15H2,(H,24,26)/t17?,18?,19-,20?,21?,22?/m1/s1. The van der Waals surface area contributed by atoms with Crippen LogP contribution in [-0.4, -0.2) is 29.9 Å². The minimum atomic E-state index is 0.185. The van der Waals surface area contributed by atoms with Gasteiger partial charge in [-0.2, -0.15) is 0 Å². The van der Waals surface area contributed by atoms with E-state index in [-0.39, 0.29) is 5.92 Å². The van der Waals surface area contributed by atoms with E-state index in [2.05, 4.69) is 40.5 Å². The molecule has 0 aromatic heterocycles. The van der Waals surface area contributed by atoms with Gasteiger partial charge in [0.2, 0.25) is 5.91 Å². The van der Waals surface area contributed by atoms with Crippen LogP contribution in [-0.2, 0) is 11.3 Å². The average Bonchev–Trinajstić information content (AvgIpc) is 2.65. The summed E-state index contributed by atoms with van der Waals surface area (Å²) in [4.78, 5) is 15.5. The van der Waals surface area contributed by atoms with E-state index in [1.54, 1.807) is 0 Å². The van der Waals surface area contributed by atoms with E-state index < -0.39 is 0 Å². The minimum absolute atomic E-state index is 0.185. The summed E-state index contributed by atoms with van der Waals surface area (Å²) in [5, 5.41) is 3.55. The van der Waals surface area contributed by atoms with Crippen molar-refractivity contribution < 1.29 is 4.79 Å². The maximum atomic E-state index is 13.1. The molecular weight excluding hydrogens is 320 g/mol. The summed E-state index contributed by atoms with van der Waals surface area (Å²) < 4.78 is 0. The van der Waals surface area contributed by atoms with Crippen LogP contribution in [0, 0.1) is 29.6 Å². The van der Waals surface area contributed by atoms with Crippen molar-refractivity contribution in [2.75, 3.05) is 13.1 Å². The van der Waals surface area contributed by atoms with E-state index in [9.17, 15) is 4.79 Å². The molecule has 1 amide bonds. The lowest BCUT2D eigenvalue weighted by Crippen LogP contribution is -2.57. The van der Waals surface area contributed by atoms with Gasteiger partial charge in [0.15, 0.2) is 0 Å². The molecule has 4 bridgehead atoms. The van der Waals surface area contributed by atoms with Crippen molar-refractivity contribution in [3.63, 3.8) is 0 Å². The second-order valence-electron chi connectivity index (χ2n) is 9.52. The zero-order chi connectivity index (χ0) is 17.5. The molecule has 0 unspecified atom stereocenters. The summed E-state index contributed by atoms with van der Waals surface area (Å²) in [5.41, 5.74) is 1.36. The molecule has 26 heavy (non-hydrogen) atoms. The molecule has 4 saturated carbocycles. The van der Waals surface area contributed by atoms with Crippen LogP contribution in [0.2, 0.25) is 0 Å². The average molecular weight is 353 g/mol. The van der Waals surface area contributed by atoms with E-state index in [0.717, 1.165) is 56.1 Å². The number of likely N-dealkylation sites (tertiary alicyclic amines) is 1. The first-order chi connectivity index (χ1) is 12.7. The maximum absolute atomic E-state index is 13.1. The van der Waals surface area contributed by atoms with Crippen LogP contribution in [0.25, 0.3) is 0 Å². The number of benzene rings is 1. The van der Waals surface area contributed by atoms with Crippen LogP contribution in [0.4, 0.5) is 0 Å². The number of nitrogens with zero attached hydrogens (tertiary/aromatic N) is 1. The predicted molar refractivity (Wildman–Crippen MR) is 103 cm³/mol. The van der Waals surface area contributed by atoms with Crippen molar-refractivity contribution in [3.8, 4) is 0 Å². The van der Waals surface area contributed by atoms with Gasteiger partial charge in [-0.1, -0.05) is 30.3 Å². The van der Waals surface area contributed by atoms with Gasteiger partial charge in [-0.15, -0.1) is 0 Å². The first kappa shape index (κ1) is 16.8. The van der Waals surface area contributed by atoms with Gasteiger partial charge in [-0.25, -0.2) is 0 Å². The number of carbonyl (C=O) groups excluding carboxylic acids is 1. The highest BCUT2D eigenvalue weighted by Gasteiger charge is 2.48. The molecule has 140 valence electrons. The summed E-state index contributed by atoms with van der Waals surface area (Å²) in [6.45, 7) is 3.02. The van der Waals surface area contributed by atoms with Gasteiger partial charge in [-0.05, 0) is 80.7 Å². The minimum Gasteiger partial charge on any atom is -0.353 e. The molecule has 1 N–H and O–H groups in total. The number of hydrogen-bond acceptors (Lipinski definition) is 2. The fourth-order valence-electron chi connectivity index (χ4n) is 6.70. The molecule has 3 heteroatoms. The summed E-state index contributed by atoms with van der Waals surface area (Å²) in [6.07, 6.45) is 9.19. The smallest absolute Gasteiger partial charge is 0.224 e. The highest BCUT2D eigenvalue weighted by atomic mass is 16.2. The predicted octanol–water partition coefficient (Wildman–Crippen LogP) is 3.84. The van der Waals surface area contributed by atoms with E-state index in [1.165, 1.54) is 37.7 Å². The summed E-state index contributed by atoms with van der Waals surface area (Å²) in [6, 6.07) is 11.2. The Morgan fingerprint density at radius 3 is 2.38 bits per heavy atom. The molecule has 1 atom stereocenters. The third-order valence-electron chi connectivity index (χ3n) is 7.66. The Labute approximate surface area is 157 Å². The molecule has 0 spiro atoms. The first-order valence-electron chi connectivity index (χ1n) is 10.8.